The lowest BCUT2D eigenvalue weighted by Crippen LogP contribution is -2.47. The summed E-state index contributed by atoms with van der Waals surface area (Å²) in [5, 5.41) is 5.28. The van der Waals surface area contributed by atoms with Gasteiger partial charge in [-0.1, -0.05) is 6.07 Å². The SMILES string of the molecule is Cc1ncnc(C)c1C(=O)NC1CCCN(Cc2cccs2)C1. The molecule has 122 valence electrons. The van der Waals surface area contributed by atoms with Gasteiger partial charge in [-0.25, -0.2) is 9.97 Å². The van der Waals surface area contributed by atoms with Crippen molar-refractivity contribution in [3.05, 3.63) is 45.7 Å². The smallest absolute Gasteiger partial charge is 0.255 e. The predicted molar refractivity (Wildman–Crippen MR) is 91.6 cm³/mol. The predicted octanol–water partition coefficient (Wildman–Crippen LogP) is 2.55. The minimum Gasteiger partial charge on any atom is -0.348 e. The Balaban J connectivity index is 1.62. The van der Waals surface area contributed by atoms with E-state index in [2.05, 4.69) is 37.7 Å². The monoisotopic (exact) mass is 330 g/mol. The van der Waals surface area contributed by atoms with E-state index in [0.717, 1.165) is 43.9 Å². The summed E-state index contributed by atoms with van der Waals surface area (Å²) in [5.41, 5.74) is 2.09. The zero-order valence-electron chi connectivity index (χ0n) is 13.6. The summed E-state index contributed by atoms with van der Waals surface area (Å²) < 4.78 is 0. The normalized spacial score (nSPS) is 18.8. The average Bonchev–Trinajstić information content (AvgIpc) is 3.00. The maximum absolute atomic E-state index is 12.6. The van der Waals surface area contributed by atoms with Crippen LogP contribution in [0.2, 0.25) is 0 Å². The van der Waals surface area contributed by atoms with Crippen molar-refractivity contribution in [3.63, 3.8) is 0 Å². The van der Waals surface area contributed by atoms with E-state index < -0.39 is 0 Å². The Morgan fingerprint density at radius 1 is 1.39 bits per heavy atom. The van der Waals surface area contributed by atoms with Crippen LogP contribution in [0.25, 0.3) is 0 Å². The number of carbonyl (C=O) groups is 1. The molecular formula is C17H22N4OS. The number of nitrogens with zero attached hydrogens (tertiary/aromatic N) is 3. The molecule has 3 heterocycles. The molecule has 1 aliphatic rings. The van der Waals surface area contributed by atoms with Gasteiger partial charge >= 0.3 is 0 Å². The summed E-state index contributed by atoms with van der Waals surface area (Å²) in [5.74, 6) is -0.0522. The zero-order chi connectivity index (χ0) is 16.2. The molecular weight excluding hydrogens is 308 g/mol. The van der Waals surface area contributed by atoms with Crippen LogP contribution in [0, 0.1) is 13.8 Å². The number of piperidine rings is 1. The molecule has 5 nitrogen and oxygen atoms in total. The number of hydrogen-bond acceptors (Lipinski definition) is 5. The van der Waals surface area contributed by atoms with Gasteiger partial charge in [-0.3, -0.25) is 9.69 Å². The Bertz CT molecular complexity index is 651. The van der Waals surface area contributed by atoms with Crippen LogP contribution in [0.3, 0.4) is 0 Å². The van der Waals surface area contributed by atoms with Gasteiger partial charge < -0.3 is 5.32 Å². The molecule has 2 aromatic heterocycles. The molecule has 1 fully saturated rings. The number of likely N-dealkylation sites (tertiary alicyclic amines) is 1. The van der Waals surface area contributed by atoms with E-state index in [4.69, 9.17) is 0 Å². The molecule has 1 saturated heterocycles. The molecule has 0 bridgehead atoms. The van der Waals surface area contributed by atoms with Gasteiger partial charge in [0.2, 0.25) is 0 Å². The first-order chi connectivity index (χ1) is 11.1. The molecule has 0 saturated carbocycles. The Labute approximate surface area is 140 Å². The number of amides is 1. The van der Waals surface area contributed by atoms with E-state index in [1.54, 1.807) is 11.3 Å². The highest BCUT2D eigenvalue weighted by atomic mass is 32.1. The first-order valence-corrected chi connectivity index (χ1v) is 8.85. The standard InChI is InChI=1S/C17H22N4OS/c1-12-16(13(2)19-11-18-12)17(22)20-14-5-3-7-21(9-14)10-15-6-4-8-23-15/h4,6,8,11,14H,3,5,7,9-10H2,1-2H3,(H,20,22). The number of aromatic nitrogens is 2. The zero-order valence-corrected chi connectivity index (χ0v) is 14.4. The third-order valence-corrected chi connectivity index (χ3v) is 5.11. The Morgan fingerprint density at radius 3 is 2.87 bits per heavy atom. The van der Waals surface area contributed by atoms with Crippen molar-refractivity contribution in [2.24, 2.45) is 0 Å². The van der Waals surface area contributed by atoms with Crippen molar-refractivity contribution >= 4 is 17.2 Å². The number of hydrogen-bond donors (Lipinski definition) is 1. The summed E-state index contributed by atoms with van der Waals surface area (Å²) in [6.07, 6.45) is 3.64. The molecule has 6 heteroatoms. The maximum atomic E-state index is 12.6. The summed E-state index contributed by atoms with van der Waals surface area (Å²) in [6.45, 7) is 6.67. The second kappa shape index (κ2) is 7.19. The molecule has 1 atom stereocenters. The number of nitrogens with one attached hydrogen (secondary N) is 1. The lowest BCUT2D eigenvalue weighted by Gasteiger charge is -2.33. The number of carbonyl (C=O) groups excluding carboxylic acids is 1. The van der Waals surface area contributed by atoms with Crippen LogP contribution < -0.4 is 5.32 Å². The van der Waals surface area contributed by atoms with Gasteiger partial charge in [-0.2, -0.15) is 0 Å². The van der Waals surface area contributed by atoms with Crippen molar-refractivity contribution in [2.75, 3.05) is 13.1 Å². The Kier molecular flexibility index (Phi) is 5.03. The van der Waals surface area contributed by atoms with Crippen molar-refractivity contribution in [1.82, 2.24) is 20.2 Å². The van der Waals surface area contributed by atoms with Gasteiger partial charge in [0.15, 0.2) is 0 Å². The van der Waals surface area contributed by atoms with Gasteiger partial charge in [-0.05, 0) is 44.7 Å². The first kappa shape index (κ1) is 16.1. The first-order valence-electron chi connectivity index (χ1n) is 7.97. The number of aryl methyl sites for hydroxylation is 2. The topological polar surface area (TPSA) is 58.1 Å². The summed E-state index contributed by atoms with van der Waals surface area (Å²) in [6, 6.07) is 4.45. The van der Waals surface area contributed by atoms with Crippen LogP contribution in [0.4, 0.5) is 0 Å². The van der Waals surface area contributed by atoms with Crippen LogP contribution in [0.1, 0.15) is 39.5 Å². The van der Waals surface area contributed by atoms with Crippen LogP contribution in [0.15, 0.2) is 23.8 Å². The second-order valence-electron chi connectivity index (χ2n) is 6.05. The van der Waals surface area contributed by atoms with E-state index in [9.17, 15) is 4.79 Å². The largest absolute Gasteiger partial charge is 0.348 e. The van der Waals surface area contributed by atoms with E-state index in [1.165, 1.54) is 11.2 Å². The fourth-order valence-corrected chi connectivity index (χ4v) is 3.87. The van der Waals surface area contributed by atoms with Gasteiger partial charge in [0.25, 0.3) is 5.91 Å². The van der Waals surface area contributed by atoms with E-state index in [0.29, 0.717) is 5.56 Å². The fourth-order valence-electron chi connectivity index (χ4n) is 3.12. The molecule has 0 aromatic carbocycles. The van der Waals surface area contributed by atoms with Crippen molar-refractivity contribution in [3.8, 4) is 0 Å². The van der Waals surface area contributed by atoms with Gasteiger partial charge in [0.1, 0.15) is 6.33 Å². The average molecular weight is 330 g/mol. The van der Waals surface area contributed by atoms with Crippen molar-refractivity contribution in [2.45, 2.75) is 39.3 Å². The minimum absolute atomic E-state index is 0.0522. The van der Waals surface area contributed by atoms with Gasteiger partial charge in [0, 0.05) is 24.0 Å². The summed E-state index contributed by atoms with van der Waals surface area (Å²) in [7, 11) is 0. The van der Waals surface area contributed by atoms with E-state index >= 15 is 0 Å². The van der Waals surface area contributed by atoms with E-state index in [1.807, 2.05) is 13.8 Å². The third kappa shape index (κ3) is 3.95. The van der Waals surface area contributed by atoms with Crippen molar-refractivity contribution < 1.29 is 4.79 Å². The molecule has 1 aliphatic heterocycles. The highest BCUT2D eigenvalue weighted by molar-refractivity contribution is 7.09. The molecule has 0 spiro atoms. The molecule has 3 rings (SSSR count). The van der Waals surface area contributed by atoms with Crippen LogP contribution in [-0.2, 0) is 6.54 Å². The molecule has 0 aliphatic carbocycles. The van der Waals surface area contributed by atoms with Crippen LogP contribution >= 0.6 is 11.3 Å². The van der Waals surface area contributed by atoms with E-state index in [-0.39, 0.29) is 11.9 Å². The molecule has 1 amide bonds. The quantitative estimate of drug-likeness (QED) is 0.936. The lowest BCUT2D eigenvalue weighted by molar-refractivity contribution is 0.0899. The maximum Gasteiger partial charge on any atom is 0.255 e. The Morgan fingerprint density at radius 2 is 2.17 bits per heavy atom. The minimum atomic E-state index is -0.0522. The Hall–Kier alpha value is -1.79. The third-order valence-electron chi connectivity index (χ3n) is 4.25. The lowest BCUT2D eigenvalue weighted by atomic mass is 10.0. The molecule has 1 N–H and O–H groups in total. The molecule has 2 aromatic rings. The molecule has 1 unspecified atom stereocenters. The molecule has 23 heavy (non-hydrogen) atoms. The second-order valence-corrected chi connectivity index (χ2v) is 7.08. The number of thiophene rings is 1. The fraction of sp³-hybridized carbons (Fsp3) is 0.471. The van der Waals surface area contributed by atoms with Crippen LogP contribution in [-0.4, -0.2) is 39.9 Å². The summed E-state index contributed by atoms with van der Waals surface area (Å²) >= 11 is 1.79. The van der Waals surface area contributed by atoms with Gasteiger partial charge in [-0.15, -0.1) is 11.3 Å². The van der Waals surface area contributed by atoms with Crippen molar-refractivity contribution in [1.29, 1.82) is 0 Å². The molecule has 0 radical (unpaired) electrons. The summed E-state index contributed by atoms with van der Waals surface area (Å²) in [4.78, 5) is 24.6. The highest BCUT2D eigenvalue weighted by Crippen LogP contribution is 2.17. The van der Waals surface area contributed by atoms with Gasteiger partial charge in [0.05, 0.1) is 17.0 Å². The van der Waals surface area contributed by atoms with Crippen LogP contribution in [0.5, 0.6) is 0 Å². The number of rotatable bonds is 4. The highest BCUT2D eigenvalue weighted by Gasteiger charge is 2.23.